The predicted octanol–water partition coefficient (Wildman–Crippen LogP) is 5.36. The first kappa shape index (κ1) is 23.1. The number of carbonyl (C=O) groups is 3. The lowest BCUT2D eigenvalue weighted by Crippen LogP contribution is -2.50. The molecule has 178 valence electrons. The quantitative estimate of drug-likeness (QED) is 0.444. The number of aliphatic carboxylic acids is 1. The highest BCUT2D eigenvalue weighted by Gasteiger charge is 2.33. The van der Waals surface area contributed by atoms with Crippen LogP contribution in [-0.4, -0.2) is 47.7 Å². The van der Waals surface area contributed by atoms with E-state index in [1.54, 1.807) is 23.1 Å². The Morgan fingerprint density at radius 1 is 0.971 bits per heavy atom. The summed E-state index contributed by atoms with van der Waals surface area (Å²) in [6.45, 7) is 1.01. The summed E-state index contributed by atoms with van der Waals surface area (Å²) in [7, 11) is 0. The fraction of sp³-hybridized carbons (Fsp3) is 0.222. The zero-order chi connectivity index (χ0) is 24.5. The first-order valence-corrected chi connectivity index (χ1v) is 12.1. The predicted molar refractivity (Wildman–Crippen MR) is 134 cm³/mol. The average Bonchev–Trinajstić information content (AvgIpc) is 3.12. The molecule has 0 atom stereocenters. The molecule has 1 aliphatic heterocycles. The molecule has 0 radical (unpaired) electrons. The zero-order valence-corrected chi connectivity index (χ0v) is 20.3. The molecule has 0 aromatic heterocycles. The van der Waals surface area contributed by atoms with Crippen molar-refractivity contribution in [3.63, 3.8) is 0 Å². The molecule has 0 bridgehead atoms. The van der Waals surface area contributed by atoms with Crippen molar-refractivity contribution in [1.82, 2.24) is 4.90 Å². The number of fused-ring (bicyclic) bond motifs is 3. The molecule has 5 rings (SSSR count). The molecule has 2 amide bonds. The first-order valence-electron chi connectivity index (χ1n) is 11.3. The van der Waals surface area contributed by atoms with Gasteiger partial charge in [0.25, 0.3) is 5.91 Å². The Balaban J connectivity index is 1.23. The molecule has 1 fully saturated rings. The van der Waals surface area contributed by atoms with Gasteiger partial charge in [0, 0.05) is 40.6 Å². The van der Waals surface area contributed by atoms with Crippen molar-refractivity contribution < 1.29 is 24.2 Å². The lowest BCUT2D eigenvalue weighted by atomic mass is 9.95. The number of hydrogen-bond donors (Lipinski definition) is 2. The molecule has 1 saturated heterocycles. The van der Waals surface area contributed by atoms with Gasteiger partial charge in [0.2, 0.25) is 0 Å². The van der Waals surface area contributed by atoms with E-state index in [2.05, 4.69) is 45.5 Å². The van der Waals surface area contributed by atoms with Gasteiger partial charge in [0.05, 0.1) is 6.42 Å². The second kappa shape index (κ2) is 9.54. The Labute approximate surface area is 210 Å². The van der Waals surface area contributed by atoms with Gasteiger partial charge in [0.15, 0.2) is 0 Å². The first-order chi connectivity index (χ1) is 16.9. The molecule has 2 aliphatic rings. The topological polar surface area (TPSA) is 95.9 Å². The van der Waals surface area contributed by atoms with Crippen molar-refractivity contribution >= 4 is 39.6 Å². The highest BCUT2D eigenvalue weighted by atomic mass is 79.9. The summed E-state index contributed by atoms with van der Waals surface area (Å²) in [5.74, 6) is -1.14. The summed E-state index contributed by atoms with van der Waals surface area (Å²) in [5, 5.41) is 11.6. The number of rotatable bonds is 6. The lowest BCUT2D eigenvalue weighted by Gasteiger charge is -2.38. The SMILES string of the molecule is O=C(O)CC1CN(C(=O)c2cc(Br)cc(NC(=O)OCC3c4ccccc4-c4ccccc43)c2)C1. The average molecular weight is 535 g/mol. The van der Waals surface area contributed by atoms with E-state index in [1.807, 2.05) is 24.3 Å². The second-order valence-electron chi connectivity index (χ2n) is 8.85. The van der Waals surface area contributed by atoms with Crippen LogP contribution in [0.5, 0.6) is 0 Å². The summed E-state index contributed by atoms with van der Waals surface area (Å²) >= 11 is 3.39. The van der Waals surface area contributed by atoms with E-state index in [0.29, 0.717) is 28.8 Å². The van der Waals surface area contributed by atoms with Gasteiger partial charge in [-0.15, -0.1) is 0 Å². The van der Waals surface area contributed by atoms with Crippen molar-refractivity contribution in [3.05, 3.63) is 87.9 Å². The van der Waals surface area contributed by atoms with Gasteiger partial charge in [-0.2, -0.15) is 0 Å². The van der Waals surface area contributed by atoms with Crippen molar-refractivity contribution in [1.29, 1.82) is 0 Å². The van der Waals surface area contributed by atoms with E-state index in [4.69, 9.17) is 9.84 Å². The van der Waals surface area contributed by atoms with Crippen molar-refractivity contribution in [3.8, 4) is 11.1 Å². The number of hydrogen-bond acceptors (Lipinski definition) is 4. The van der Waals surface area contributed by atoms with Crippen molar-refractivity contribution in [2.45, 2.75) is 12.3 Å². The van der Waals surface area contributed by atoms with Crippen molar-refractivity contribution in [2.75, 3.05) is 25.0 Å². The molecule has 0 saturated carbocycles. The molecule has 1 heterocycles. The van der Waals surface area contributed by atoms with E-state index in [1.165, 1.54) is 0 Å². The van der Waals surface area contributed by atoms with Gasteiger partial charge in [-0.3, -0.25) is 14.9 Å². The van der Waals surface area contributed by atoms with Crippen LogP contribution in [0, 0.1) is 5.92 Å². The molecule has 35 heavy (non-hydrogen) atoms. The molecule has 2 N–H and O–H groups in total. The zero-order valence-electron chi connectivity index (χ0n) is 18.7. The minimum absolute atomic E-state index is 0.0259. The number of carboxylic acid groups (broad SMARTS) is 1. The number of amides is 2. The van der Waals surface area contributed by atoms with Gasteiger partial charge in [-0.1, -0.05) is 64.5 Å². The minimum atomic E-state index is -0.862. The van der Waals surface area contributed by atoms with E-state index in [-0.39, 0.29) is 30.8 Å². The fourth-order valence-electron chi connectivity index (χ4n) is 4.83. The van der Waals surface area contributed by atoms with Crippen molar-refractivity contribution in [2.24, 2.45) is 5.92 Å². The summed E-state index contributed by atoms with van der Waals surface area (Å²) in [6.07, 6.45) is -0.550. The number of nitrogens with one attached hydrogen (secondary N) is 1. The Kier molecular flexibility index (Phi) is 6.30. The van der Waals surface area contributed by atoms with E-state index < -0.39 is 12.1 Å². The largest absolute Gasteiger partial charge is 0.481 e. The van der Waals surface area contributed by atoms with Crippen LogP contribution >= 0.6 is 15.9 Å². The Morgan fingerprint density at radius 2 is 1.60 bits per heavy atom. The molecule has 3 aromatic carbocycles. The van der Waals surface area contributed by atoms with E-state index in [9.17, 15) is 14.4 Å². The fourth-order valence-corrected chi connectivity index (χ4v) is 5.33. The molecule has 0 spiro atoms. The van der Waals surface area contributed by atoms with E-state index >= 15 is 0 Å². The third-order valence-electron chi connectivity index (χ3n) is 6.44. The molecule has 3 aromatic rings. The third-order valence-corrected chi connectivity index (χ3v) is 6.90. The maximum absolute atomic E-state index is 12.8. The number of benzene rings is 3. The Hall–Kier alpha value is -3.65. The monoisotopic (exact) mass is 534 g/mol. The highest BCUT2D eigenvalue weighted by Crippen LogP contribution is 2.44. The summed E-state index contributed by atoms with van der Waals surface area (Å²) in [5.41, 5.74) is 5.41. The number of halogens is 1. The normalized spacial score (nSPS) is 14.6. The molecular formula is C27H23BrN2O5. The minimum Gasteiger partial charge on any atom is -0.481 e. The van der Waals surface area contributed by atoms with Gasteiger partial charge in [0.1, 0.15) is 6.61 Å². The van der Waals surface area contributed by atoms with Crippen LogP contribution in [0.2, 0.25) is 0 Å². The number of anilines is 1. The standard InChI is InChI=1S/C27H23BrN2O5/c28-18-10-17(26(33)30-13-16(14-30)9-25(31)32)11-19(12-18)29-27(34)35-15-24-22-7-3-1-5-20(22)21-6-2-4-8-23(21)24/h1-8,10-12,16,24H,9,13-15H2,(H,29,34)(H,31,32). The van der Waals surface area contributed by atoms with Crippen LogP contribution in [0.15, 0.2) is 71.2 Å². The number of likely N-dealkylation sites (tertiary alicyclic amines) is 1. The maximum atomic E-state index is 12.8. The van der Waals surface area contributed by atoms with Crippen LogP contribution in [0.3, 0.4) is 0 Å². The summed E-state index contributed by atoms with van der Waals surface area (Å²) in [6, 6.07) is 21.2. The Morgan fingerprint density at radius 3 is 2.23 bits per heavy atom. The lowest BCUT2D eigenvalue weighted by molar-refractivity contribution is -0.139. The smallest absolute Gasteiger partial charge is 0.411 e. The highest BCUT2D eigenvalue weighted by molar-refractivity contribution is 9.10. The Bertz CT molecular complexity index is 1270. The molecule has 0 unspecified atom stereocenters. The summed E-state index contributed by atoms with van der Waals surface area (Å²) < 4.78 is 6.24. The van der Waals surface area contributed by atoms with Crippen LogP contribution in [-0.2, 0) is 9.53 Å². The number of carbonyl (C=O) groups excluding carboxylic acids is 2. The molecule has 7 nitrogen and oxygen atoms in total. The summed E-state index contributed by atoms with van der Waals surface area (Å²) in [4.78, 5) is 37.9. The van der Waals surface area contributed by atoms with Crippen LogP contribution in [0.1, 0.15) is 33.8 Å². The second-order valence-corrected chi connectivity index (χ2v) is 9.77. The molecular weight excluding hydrogens is 512 g/mol. The number of nitrogens with zero attached hydrogens (tertiary/aromatic N) is 1. The van der Waals surface area contributed by atoms with Gasteiger partial charge < -0.3 is 14.7 Å². The van der Waals surface area contributed by atoms with Gasteiger partial charge in [-0.05, 0) is 40.5 Å². The number of ether oxygens (including phenoxy) is 1. The third kappa shape index (κ3) is 4.79. The maximum Gasteiger partial charge on any atom is 0.411 e. The molecule has 1 aliphatic carbocycles. The van der Waals surface area contributed by atoms with Gasteiger partial charge in [-0.25, -0.2) is 4.79 Å². The molecule has 8 heteroatoms. The van der Waals surface area contributed by atoms with Crippen LogP contribution in [0.4, 0.5) is 10.5 Å². The number of carboxylic acids is 1. The van der Waals surface area contributed by atoms with Gasteiger partial charge >= 0.3 is 12.1 Å². The van der Waals surface area contributed by atoms with E-state index in [0.717, 1.165) is 22.3 Å². The van der Waals surface area contributed by atoms with Crippen LogP contribution in [0.25, 0.3) is 11.1 Å². The van der Waals surface area contributed by atoms with Crippen LogP contribution < -0.4 is 5.32 Å².